The highest BCUT2D eigenvalue weighted by Gasteiger charge is 2.30. The van der Waals surface area contributed by atoms with Gasteiger partial charge >= 0.3 is 6.18 Å². The van der Waals surface area contributed by atoms with Gasteiger partial charge in [0.25, 0.3) is 0 Å². The fraction of sp³-hybridized carbons (Fsp3) is 0.0909. The molecule has 2 aromatic heterocycles. The topological polar surface area (TPSA) is 64.9 Å². The van der Waals surface area contributed by atoms with Crippen molar-refractivity contribution < 1.29 is 17.7 Å². The van der Waals surface area contributed by atoms with Crippen molar-refractivity contribution in [3.05, 3.63) is 30.0 Å². The average Bonchev–Trinajstić information content (AvgIpc) is 2.70. The molecule has 0 aliphatic heterocycles. The molecule has 2 N–H and O–H groups in total. The third-order valence-electron chi connectivity index (χ3n) is 2.67. The van der Waals surface area contributed by atoms with Crippen LogP contribution in [0.15, 0.2) is 28.9 Å². The molecule has 3 aromatic rings. The second-order valence-corrected chi connectivity index (χ2v) is 3.80. The van der Waals surface area contributed by atoms with Crippen molar-refractivity contribution in [3.8, 4) is 0 Å². The number of nitrogen functional groups attached to an aromatic ring is 1. The van der Waals surface area contributed by atoms with Crippen molar-refractivity contribution in [1.29, 1.82) is 0 Å². The molecule has 0 bridgehead atoms. The SMILES string of the molecule is Nc1onc2c1cnc1ccc(C(F)(F)F)cc12. The van der Waals surface area contributed by atoms with Gasteiger partial charge in [0.15, 0.2) is 0 Å². The zero-order valence-corrected chi connectivity index (χ0v) is 8.82. The Kier molecular flexibility index (Phi) is 2.01. The highest BCUT2D eigenvalue weighted by molar-refractivity contribution is 6.05. The largest absolute Gasteiger partial charge is 0.416 e. The van der Waals surface area contributed by atoms with Gasteiger partial charge in [-0.05, 0) is 18.2 Å². The molecule has 0 spiro atoms. The van der Waals surface area contributed by atoms with Crippen LogP contribution in [0.4, 0.5) is 19.1 Å². The number of hydrogen-bond donors (Lipinski definition) is 1. The molecule has 0 atom stereocenters. The maximum absolute atomic E-state index is 12.6. The first-order chi connectivity index (χ1) is 8.47. The molecule has 7 heteroatoms. The summed E-state index contributed by atoms with van der Waals surface area (Å²) in [6.45, 7) is 0. The fourth-order valence-corrected chi connectivity index (χ4v) is 1.78. The minimum absolute atomic E-state index is 0.0387. The smallest absolute Gasteiger partial charge is 0.367 e. The van der Waals surface area contributed by atoms with E-state index in [0.717, 1.165) is 12.1 Å². The van der Waals surface area contributed by atoms with Crippen molar-refractivity contribution in [1.82, 2.24) is 10.1 Å². The summed E-state index contributed by atoms with van der Waals surface area (Å²) in [6.07, 6.45) is -2.98. The van der Waals surface area contributed by atoms with Gasteiger partial charge in [-0.3, -0.25) is 4.98 Å². The van der Waals surface area contributed by atoms with Crippen molar-refractivity contribution in [2.75, 3.05) is 5.73 Å². The maximum Gasteiger partial charge on any atom is 0.416 e. The number of alkyl halides is 3. The maximum atomic E-state index is 12.6. The quantitative estimate of drug-likeness (QED) is 0.668. The molecular weight excluding hydrogens is 247 g/mol. The number of aromatic nitrogens is 2. The molecule has 0 unspecified atom stereocenters. The Labute approximate surface area is 98.2 Å². The monoisotopic (exact) mass is 253 g/mol. The van der Waals surface area contributed by atoms with E-state index in [0.29, 0.717) is 10.9 Å². The van der Waals surface area contributed by atoms with E-state index < -0.39 is 11.7 Å². The second kappa shape index (κ2) is 3.34. The molecule has 0 saturated heterocycles. The van der Waals surface area contributed by atoms with Crippen molar-refractivity contribution in [2.45, 2.75) is 6.18 Å². The van der Waals surface area contributed by atoms with E-state index >= 15 is 0 Å². The molecule has 92 valence electrons. The van der Waals surface area contributed by atoms with Crippen LogP contribution in [-0.4, -0.2) is 10.1 Å². The van der Waals surface area contributed by atoms with Gasteiger partial charge in [-0.25, -0.2) is 0 Å². The summed E-state index contributed by atoms with van der Waals surface area (Å²) in [4.78, 5) is 4.02. The molecule has 0 radical (unpaired) electrons. The van der Waals surface area contributed by atoms with Crippen LogP contribution in [0.3, 0.4) is 0 Å². The van der Waals surface area contributed by atoms with Gasteiger partial charge in [0, 0.05) is 11.6 Å². The Balaban J connectivity index is 2.40. The number of nitrogens with two attached hydrogens (primary N) is 1. The molecule has 0 saturated carbocycles. The zero-order valence-electron chi connectivity index (χ0n) is 8.82. The summed E-state index contributed by atoms with van der Waals surface area (Å²) < 4.78 is 42.7. The van der Waals surface area contributed by atoms with Crippen LogP contribution in [0.1, 0.15) is 5.56 Å². The summed E-state index contributed by atoms with van der Waals surface area (Å²) in [5.41, 5.74) is 5.43. The minimum Gasteiger partial charge on any atom is -0.367 e. The average molecular weight is 253 g/mol. The number of hydrogen-bond acceptors (Lipinski definition) is 4. The highest BCUT2D eigenvalue weighted by Crippen LogP contribution is 2.33. The highest BCUT2D eigenvalue weighted by atomic mass is 19.4. The van der Waals surface area contributed by atoms with E-state index in [1.165, 1.54) is 12.3 Å². The predicted molar refractivity (Wildman–Crippen MR) is 58.7 cm³/mol. The standard InChI is InChI=1S/C11H6F3N3O/c12-11(13,14)5-1-2-8-6(3-5)9-7(4-16-8)10(15)18-17-9/h1-4H,15H2. The molecule has 0 fully saturated rings. The summed E-state index contributed by atoms with van der Waals surface area (Å²) in [5.74, 6) is 0.0387. The molecule has 3 rings (SSSR count). The van der Waals surface area contributed by atoms with E-state index in [9.17, 15) is 13.2 Å². The first-order valence-corrected chi connectivity index (χ1v) is 4.97. The molecule has 1 aromatic carbocycles. The van der Waals surface area contributed by atoms with Gasteiger partial charge in [0.05, 0.1) is 16.5 Å². The third-order valence-corrected chi connectivity index (χ3v) is 2.67. The van der Waals surface area contributed by atoms with Crippen LogP contribution in [0, 0.1) is 0 Å². The lowest BCUT2D eigenvalue weighted by Crippen LogP contribution is -2.04. The second-order valence-electron chi connectivity index (χ2n) is 3.80. The number of benzene rings is 1. The van der Waals surface area contributed by atoms with E-state index in [1.807, 2.05) is 0 Å². The Hall–Kier alpha value is -2.31. The molecule has 0 aliphatic carbocycles. The molecule has 0 amide bonds. The molecule has 2 heterocycles. The number of pyridine rings is 1. The molecular formula is C11H6F3N3O. The number of nitrogens with zero attached hydrogens (tertiary/aromatic N) is 2. The van der Waals surface area contributed by atoms with Crippen LogP contribution >= 0.6 is 0 Å². The minimum atomic E-state index is -4.41. The van der Waals surface area contributed by atoms with Gasteiger partial charge in [-0.15, -0.1) is 0 Å². The number of fused-ring (bicyclic) bond motifs is 3. The lowest BCUT2D eigenvalue weighted by molar-refractivity contribution is -0.137. The van der Waals surface area contributed by atoms with Crippen LogP contribution in [0.2, 0.25) is 0 Å². The van der Waals surface area contributed by atoms with Gasteiger partial charge in [0.2, 0.25) is 5.88 Å². The van der Waals surface area contributed by atoms with Crippen LogP contribution in [0.5, 0.6) is 0 Å². The van der Waals surface area contributed by atoms with Gasteiger partial charge in [0.1, 0.15) is 5.52 Å². The van der Waals surface area contributed by atoms with Crippen molar-refractivity contribution >= 4 is 27.7 Å². The van der Waals surface area contributed by atoms with Crippen LogP contribution < -0.4 is 5.73 Å². The normalized spacial score (nSPS) is 12.4. The van der Waals surface area contributed by atoms with E-state index in [1.54, 1.807) is 0 Å². The zero-order chi connectivity index (χ0) is 12.9. The third kappa shape index (κ3) is 1.47. The lowest BCUT2D eigenvalue weighted by Gasteiger charge is -2.07. The Morgan fingerprint density at radius 1 is 1.17 bits per heavy atom. The van der Waals surface area contributed by atoms with Crippen molar-refractivity contribution in [2.24, 2.45) is 0 Å². The first-order valence-electron chi connectivity index (χ1n) is 4.97. The number of rotatable bonds is 0. The van der Waals surface area contributed by atoms with Gasteiger partial charge < -0.3 is 10.3 Å². The first kappa shape index (κ1) is 10.8. The van der Waals surface area contributed by atoms with Crippen LogP contribution in [-0.2, 0) is 6.18 Å². The summed E-state index contributed by atoms with van der Waals surface area (Å²) in [7, 11) is 0. The van der Waals surface area contributed by atoms with Gasteiger partial charge in [-0.1, -0.05) is 5.16 Å². The van der Waals surface area contributed by atoms with E-state index in [2.05, 4.69) is 10.1 Å². The molecule has 18 heavy (non-hydrogen) atoms. The Bertz CT molecular complexity index is 748. The molecule has 4 nitrogen and oxygen atoms in total. The predicted octanol–water partition coefficient (Wildman–Crippen LogP) is 2.98. The van der Waals surface area contributed by atoms with Crippen molar-refractivity contribution in [3.63, 3.8) is 0 Å². The summed E-state index contributed by atoms with van der Waals surface area (Å²) in [5, 5.41) is 4.33. The Morgan fingerprint density at radius 2 is 1.94 bits per heavy atom. The van der Waals surface area contributed by atoms with E-state index in [-0.39, 0.29) is 16.8 Å². The number of halogens is 3. The molecule has 0 aliphatic rings. The lowest BCUT2D eigenvalue weighted by atomic mass is 10.1. The van der Waals surface area contributed by atoms with E-state index in [4.69, 9.17) is 10.3 Å². The van der Waals surface area contributed by atoms with Crippen LogP contribution in [0.25, 0.3) is 21.8 Å². The fourth-order valence-electron chi connectivity index (χ4n) is 1.78. The van der Waals surface area contributed by atoms with Gasteiger partial charge in [-0.2, -0.15) is 13.2 Å². The Morgan fingerprint density at radius 3 is 2.67 bits per heavy atom. The number of anilines is 1. The summed E-state index contributed by atoms with van der Waals surface area (Å²) >= 11 is 0. The summed E-state index contributed by atoms with van der Waals surface area (Å²) in [6, 6.07) is 3.26.